The number of fused-ring (bicyclic) bond motifs is 1. The second kappa shape index (κ2) is 7.81. The third-order valence-corrected chi connectivity index (χ3v) is 6.53. The smallest absolute Gasteiger partial charge is 0.254 e. The summed E-state index contributed by atoms with van der Waals surface area (Å²) in [4.78, 5) is 29.7. The Hall–Kier alpha value is -1.84. The van der Waals surface area contributed by atoms with Gasteiger partial charge >= 0.3 is 0 Å². The largest absolute Gasteiger partial charge is 0.339 e. The zero-order chi connectivity index (χ0) is 17.9. The van der Waals surface area contributed by atoms with Crippen LogP contribution in [0.4, 0.5) is 0 Å². The van der Waals surface area contributed by atoms with Crippen molar-refractivity contribution in [3.05, 3.63) is 35.4 Å². The fourth-order valence-corrected chi connectivity index (χ4v) is 5.08. The van der Waals surface area contributed by atoms with E-state index in [-0.39, 0.29) is 11.8 Å². The van der Waals surface area contributed by atoms with E-state index in [4.69, 9.17) is 0 Å². The van der Waals surface area contributed by atoms with Gasteiger partial charge in [-0.05, 0) is 75.1 Å². The molecule has 1 aromatic rings. The standard InChI is InChI=1S/C22H30N2O2/c25-21(23-14-4-1-5-15-23)18-10-12-19(13-11-18)22(26)24-16-6-8-17-7-2-3-9-20(17)24/h10-13,17,20H,1-9,14-16H2/t17-,20+/m1/s1. The summed E-state index contributed by atoms with van der Waals surface area (Å²) < 4.78 is 0. The molecule has 4 heteroatoms. The van der Waals surface area contributed by atoms with Crippen molar-refractivity contribution in [1.82, 2.24) is 9.80 Å². The van der Waals surface area contributed by atoms with Gasteiger partial charge in [0.25, 0.3) is 11.8 Å². The molecule has 4 nitrogen and oxygen atoms in total. The Kier molecular flexibility index (Phi) is 5.28. The highest BCUT2D eigenvalue weighted by molar-refractivity contribution is 5.98. The molecule has 1 saturated carbocycles. The van der Waals surface area contributed by atoms with Gasteiger partial charge in [-0.2, -0.15) is 0 Å². The number of likely N-dealkylation sites (tertiary alicyclic amines) is 2. The summed E-state index contributed by atoms with van der Waals surface area (Å²) in [6, 6.07) is 7.82. The average molecular weight is 354 g/mol. The lowest BCUT2D eigenvalue weighted by Gasteiger charge is -2.44. The first kappa shape index (κ1) is 17.6. The normalized spacial score (nSPS) is 26.3. The minimum absolute atomic E-state index is 0.106. The number of piperidine rings is 2. The summed E-state index contributed by atoms with van der Waals surface area (Å²) in [5, 5.41) is 0. The van der Waals surface area contributed by atoms with Gasteiger partial charge < -0.3 is 9.80 Å². The summed E-state index contributed by atoms with van der Waals surface area (Å²) in [5.74, 6) is 0.953. The minimum atomic E-state index is 0.106. The van der Waals surface area contributed by atoms with Crippen LogP contribution in [0.3, 0.4) is 0 Å². The molecular formula is C22H30N2O2. The maximum atomic E-state index is 13.1. The van der Waals surface area contributed by atoms with Crippen LogP contribution in [-0.4, -0.2) is 47.3 Å². The van der Waals surface area contributed by atoms with Crippen LogP contribution in [0, 0.1) is 5.92 Å². The number of benzene rings is 1. The van der Waals surface area contributed by atoms with Crippen LogP contribution in [0.2, 0.25) is 0 Å². The van der Waals surface area contributed by atoms with Crippen molar-refractivity contribution in [2.75, 3.05) is 19.6 Å². The third-order valence-electron chi connectivity index (χ3n) is 6.53. The van der Waals surface area contributed by atoms with Crippen LogP contribution < -0.4 is 0 Å². The Morgan fingerprint density at radius 3 is 2.04 bits per heavy atom. The molecule has 2 atom stereocenters. The molecule has 0 radical (unpaired) electrons. The van der Waals surface area contributed by atoms with Crippen LogP contribution in [-0.2, 0) is 0 Å². The SMILES string of the molecule is O=C(c1ccc(C(=O)N2CCC[C@H]3CCCC[C@@H]32)cc1)N1CCCCC1. The molecule has 0 N–H and O–H groups in total. The van der Waals surface area contributed by atoms with Crippen molar-refractivity contribution in [2.45, 2.75) is 63.8 Å². The van der Waals surface area contributed by atoms with Crippen molar-refractivity contribution in [3.8, 4) is 0 Å². The predicted molar refractivity (Wildman–Crippen MR) is 102 cm³/mol. The van der Waals surface area contributed by atoms with Gasteiger partial charge in [0.15, 0.2) is 0 Å². The first-order valence-corrected chi connectivity index (χ1v) is 10.4. The van der Waals surface area contributed by atoms with Gasteiger partial charge in [-0.3, -0.25) is 9.59 Å². The van der Waals surface area contributed by atoms with Gasteiger partial charge in [-0.25, -0.2) is 0 Å². The fraction of sp³-hybridized carbons (Fsp3) is 0.636. The van der Waals surface area contributed by atoms with Crippen LogP contribution in [0.25, 0.3) is 0 Å². The molecule has 1 aliphatic carbocycles. The van der Waals surface area contributed by atoms with Gasteiger partial charge in [0.1, 0.15) is 0 Å². The number of hydrogen-bond donors (Lipinski definition) is 0. The molecule has 3 fully saturated rings. The van der Waals surface area contributed by atoms with Crippen molar-refractivity contribution in [3.63, 3.8) is 0 Å². The highest BCUT2D eigenvalue weighted by atomic mass is 16.2. The summed E-state index contributed by atoms with van der Waals surface area (Å²) >= 11 is 0. The lowest BCUT2D eigenvalue weighted by molar-refractivity contribution is 0.0390. The minimum Gasteiger partial charge on any atom is -0.339 e. The lowest BCUT2D eigenvalue weighted by Crippen LogP contribution is -2.49. The van der Waals surface area contributed by atoms with Crippen LogP contribution >= 0.6 is 0 Å². The maximum absolute atomic E-state index is 13.1. The first-order chi connectivity index (χ1) is 12.7. The van der Waals surface area contributed by atoms with Crippen LogP contribution in [0.5, 0.6) is 0 Å². The number of nitrogens with zero attached hydrogens (tertiary/aromatic N) is 2. The molecule has 4 rings (SSSR count). The van der Waals surface area contributed by atoms with Gasteiger partial charge in [0, 0.05) is 36.8 Å². The van der Waals surface area contributed by atoms with E-state index in [2.05, 4.69) is 4.90 Å². The zero-order valence-electron chi connectivity index (χ0n) is 15.7. The van der Waals surface area contributed by atoms with E-state index in [0.717, 1.165) is 50.9 Å². The lowest BCUT2D eigenvalue weighted by atomic mass is 9.78. The summed E-state index contributed by atoms with van der Waals surface area (Å²) in [7, 11) is 0. The Morgan fingerprint density at radius 2 is 1.31 bits per heavy atom. The molecule has 2 amide bonds. The quantitative estimate of drug-likeness (QED) is 0.802. The Balaban J connectivity index is 1.45. The molecule has 0 aromatic heterocycles. The summed E-state index contributed by atoms with van der Waals surface area (Å²) in [6.45, 7) is 2.60. The highest BCUT2D eigenvalue weighted by Gasteiger charge is 2.36. The molecule has 0 spiro atoms. The predicted octanol–water partition coefficient (Wildman–Crippen LogP) is 4.11. The van der Waals surface area contributed by atoms with E-state index in [1.54, 1.807) is 0 Å². The first-order valence-electron chi connectivity index (χ1n) is 10.4. The van der Waals surface area contributed by atoms with E-state index in [1.807, 2.05) is 29.2 Å². The van der Waals surface area contributed by atoms with Gasteiger partial charge in [-0.1, -0.05) is 12.8 Å². The number of hydrogen-bond acceptors (Lipinski definition) is 2. The Labute approximate surface area is 156 Å². The summed E-state index contributed by atoms with van der Waals surface area (Å²) in [6.07, 6.45) is 10.8. The van der Waals surface area contributed by atoms with E-state index in [9.17, 15) is 9.59 Å². The van der Waals surface area contributed by atoms with Gasteiger partial charge in [0.2, 0.25) is 0 Å². The van der Waals surface area contributed by atoms with Crippen molar-refractivity contribution in [2.24, 2.45) is 5.92 Å². The monoisotopic (exact) mass is 354 g/mol. The van der Waals surface area contributed by atoms with Crippen LogP contribution in [0.1, 0.15) is 78.5 Å². The average Bonchev–Trinajstić information content (AvgIpc) is 2.73. The molecule has 140 valence electrons. The van der Waals surface area contributed by atoms with E-state index >= 15 is 0 Å². The number of rotatable bonds is 2. The Morgan fingerprint density at radius 1 is 0.692 bits per heavy atom. The van der Waals surface area contributed by atoms with E-state index in [1.165, 1.54) is 32.1 Å². The summed E-state index contributed by atoms with van der Waals surface area (Å²) in [5.41, 5.74) is 1.43. The topological polar surface area (TPSA) is 40.6 Å². The molecule has 2 heterocycles. The Bertz CT molecular complexity index is 647. The van der Waals surface area contributed by atoms with Crippen molar-refractivity contribution < 1.29 is 9.59 Å². The molecule has 0 bridgehead atoms. The number of carbonyl (C=O) groups is 2. The van der Waals surface area contributed by atoms with Crippen LogP contribution in [0.15, 0.2) is 24.3 Å². The van der Waals surface area contributed by atoms with E-state index < -0.39 is 0 Å². The molecule has 1 aromatic carbocycles. The number of amides is 2. The third kappa shape index (κ3) is 3.51. The van der Waals surface area contributed by atoms with Gasteiger partial charge in [-0.15, -0.1) is 0 Å². The van der Waals surface area contributed by atoms with Gasteiger partial charge in [0.05, 0.1) is 0 Å². The second-order valence-corrected chi connectivity index (χ2v) is 8.18. The van der Waals surface area contributed by atoms with Crippen molar-refractivity contribution >= 4 is 11.8 Å². The number of carbonyl (C=O) groups excluding carboxylic acids is 2. The van der Waals surface area contributed by atoms with Crippen molar-refractivity contribution in [1.29, 1.82) is 0 Å². The maximum Gasteiger partial charge on any atom is 0.254 e. The second-order valence-electron chi connectivity index (χ2n) is 8.18. The fourth-order valence-electron chi connectivity index (χ4n) is 5.08. The highest BCUT2D eigenvalue weighted by Crippen LogP contribution is 2.35. The molecule has 0 unspecified atom stereocenters. The molecule has 26 heavy (non-hydrogen) atoms. The molecule has 2 saturated heterocycles. The molecular weight excluding hydrogens is 324 g/mol. The molecule has 2 aliphatic heterocycles. The zero-order valence-corrected chi connectivity index (χ0v) is 15.7. The van der Waals surface area contributed by atoms with E-state index in [0.29, 0.717) is 17.5 Å². The molecule has 3 aliphatic rings.